The van der Waals surface area contributed by atoms with Gasteiger partial charge in [0.25, 0.3) is 5.91 Å². The van der Waals surface area contributed by atoms with Crippen LogP contribution in [-0.2, 0) is 0 Å². The molecule has 1 aliphatic heterocycles. The van der Waals surface area contributed by atoms with Crippen LogP contribution in [0.5, 0.6) is 0 Å². The summed E-state index contributed by atoms with van der Waals surface area (Å²) >= 11 is 1.01. The van der Waals surface area contributed by atoms with Crippen LogP contribution in [0.1, 0.15) is 41.6 Å². The average molecular weight is 460 g/mol. The van der Waals surface area contributed by atoms with Crippen molar-refractivity contribution in [2.24, 2.45) is 5.73 Å². The largest absolute Gasteiger partial charge is 0.396 e. The molecule has 4 rings (SSSR count). The standard InChI is InChI=1S/C22H23F2N5O2S/c1-12(11-30)13-8-15(23)19(16(24)9-13)17-10-14(20(25)31)21(32-17)27-18-4-5-26-22(28-18)29-6-2-3-7-29/h4-5,8-10,12,30H,2-3,6-7,11H2,1H3,(H2,25,31)(H,26,27,28). The lowest BCUT2D eigenvalue weighted by molar-refractivity contribution is 0.100. The molecule has 3 aromatic rings. The Labute approximate surface area is 187 Å². The molecule has 0 bridgehead atoms. The summed E-state index contributed by atoms with van der Waals surface area (Å²) in [6.45, 7) is 3.20. The highest BCUT2D eigenvalue weighted by atomic mass is 32.1. The number of carbonyl (C=O) groups is 1. The Morgan fingerprint density at radius 1 is 1.28 bits per heavy atom. The molecule has 10 heteroatoms. The van der Waals surface area contributed by atoms with Gasteiger partial charge in [-0.2, -0.15) is 4.98 Å². The number of thiophene rings is 1. The Morgan fingerprint density at radius 2 is 1.97 bits per heavy atom. The molecule has 32 heavy (non-hydrogen) atoms. The smallest absolute Gasteiger partial charge is 0.251 e. The SMILES string of the molecule is CC(CO)c1cc(F)c(-c2cc(C(N)=O)c(Nc3ccnc(N4CCCC4)n3)s2)c(F)c1. The van der Waals surface area contributed by atoms with E-state index >= 15 is 0 Å². The lowest BCUT2D eigenvalue weighted by atomic mass is 9.99. The van der Waals surface area contributed by atoms with Gasteiger partial charge in [0.05, 0.1) is 11.1 Å². The van der Waals surface area contributed by atoms with E-state index in [-0.39, 0.29) is 22.6 Å². The second kappa shape index (κ2) is 9.17. The number of nitrogens with one attached hydrogen (secondary N) is 1. The van der Waals surface area contributed by atoms with Crippen molar-refractivity contribution in [2.75, 3.05) is 29.9 Å². The van der Waals surface area contributed by atoms with E-state index in [1.165, 1.54) is 18.2 Å². The van der Waals surface area contributed by atoms with Gasteiger partial charge in [0.2, 0.25) is 5.95 Å². The molecule has 0 spiro atoms. The van der Waals surface area contributed by atoms with Crippen molar-refractivity contribution in [1.29, 1.82) is 0 Å². The van der Waals surface area contributed by atoms with E-state index in [1.54, 1.807) is 19.2 Å². The molecule has 0 saturated carbocycles. The molecule has 1 unspecified atom stereocenters. The molecule has 1 saturated heterocycles. The molecule has 168 valence electrons. The first-order chi connectivity index (χ1) is 15.4. The van der Waals surface area contributed by atoms with E-state index < -0.39 is 23.5 Å². The van der Waals surface area contributed by atoms with Crippen molar-refractivity contribution in [3.05, 3.63) is 53.2 Å². The van der Waals surface area contributed by atoms with E-state index in [0.29, 0.717) is 22.3 Å². The van der Waals surface area contributed by atoms with Crippen molar-refractivity contribution in [1.82, 2.24) is 9.97 Å². The van der Waals surface area contributed by atoms with Gasteiger partial charge in [-0.3, -0.25) is 4.79 Å². The van der Waals surface area contributed by atoms with Crippen LogP contribution in [0.2, 0.25) is 0 Å². The molecule has 1 amide bonds. The summed E-state index contributed by atoms with van der Waals surface area (Å²) in [7, 11) is 0. The number of halogens is 2. The van der Waals surface area contributed by atoms with Crippen LogP contribution >= 0.6 is 11.3 Å². The summed E-state index contributed by atoms with van der Waals surface area (Å²) in [4.78, 5) is 23.1. The zero-order chi connectivity index (χ0) is 22.8. The number of hydrogen-bond donors (Lipinski definition) is 3. The minimum atomic E-state index is -0.775. The normalized spacial score (nSPS) is 14.6. The maximum absolute atomic E-state index is 14.8. The van der Waals surface area contributed by atoms with Gasteiger partial charge in [-0.15, -0.1) is 11.3 Å². The molecular weight excluding hydrogens is 436 g/mol. The molecule has 7 nitrogen and oxygen atoms in total. The van der Waals surface area contributed by atoms with Crippen molar-refractivity contribution >= 4 is 34.0 Å². The van der Waals surface area contributed by atoms with Crippen LogP contribution in [0.25, 0.3) is 10.4 Å². The number of anilines is 3. The summed E-state index contributed by atoms with van der Waals surface area (Å²) in [5, 5.41) is 12.7. The van der Waals surface area contributed by atoms with Gasteiger partial charge < -0.3 is 21.1 Å². The van der Waals surface area contributed by atoms with Gasteiger partial charge in [0, 0.05) is 36.7 Å². The monoisotopic (exact) mass is 459 g/mol. The summed E-state index contributed by atoms with van der Waals surface area (Å²) in [5.74, 6) is -1.65. The summed E-state index contributed by atoms with van der Waals surface area (Å²) in [5.41, 5.74) is 5.73. The maximum Gasteiger partial charge on any atom is 0.251 e. The first kappa shape index (κ1) is 22.1. The first-order valence-electron chi connectivity index (χ1n) is 10.3. The van der Waals surface area contributed by atoms with Gasteiger partial charge in [-0.1, -0.05) is 6.92 Å². The van der Waals surface area contributed by atoms with E-state index in [2.05, 4.69) is 20.2 Å². The molecular formula is C22H23F2N5O2S. The Bertz CT molecular complexity index is 1120. The zero-order valence-electron chi connectivity index (χ0n) is 17.4. The first-order valence-corrected chi connectivity index (χ1v) is 11.1. The second-order valence-corrected chi connectivity index (χ2v) is 8.77. The highest BCUT2D eigenvalue weighted by molar-refractivity contribution is 7.20. The summed E-state index contributed by atoms with van der Waals surface area (Å²) < 4.78 is 29.6. The van der Waals surface area contributed by atoms with Crippen molar-refractivity contribution in [2.45, 2.75) is 25.7 Å². The number of aliphatic hydroxyl groups is 1. The highest BCUT2D eigenvalue weighted by Gasteiger charge is 2.22. The number of nitrogens with zero attached hydrogens (tertiary/aromatic N) is 3. The van der Waals surface area contributed by atoms with E-state index in [9.17, 15) is 18.7 Å². The molecule has 0 aliphatic carbocycles. The van der Waals surface area contributed by atoms with E-state index in [4.69, 9.17) is 5.73 Å². The quantitative estimate of drug-likeness (QED) is 0.493. The molecule has 1 fully saturated rings. The number of nitrogens with two attached hydrogens (primary N) is 1. The predicted octanol–water partition coefficient (Wildman–Crippen LogP) is 4.02. The summed E-state index contributed by atoms with van der Waals surface area (Å²) in [6, 6.07) is 5.41. The number of hydrogen-bond acceptors (Lipinski definition) is 7. The maximum atomic E-state index is 14.8. The fraction of sp³-hybridized carbons (Fsp3) is 0.318. The Morgan fingerprint density at radius 3 is 2.59 bits per heavy atom. The fourth-order valence-electron chi connectivity index (χ4n) is 3.61. The van der Waals surface area contributed by atoms with Crippen molar-refractivity contribution in [3.8, 4) is 10.4 Å². The van der Waals surface area contributed by atoms with Crippen LogP contribution in [0.4, 0.5) is 25.5 Å². The number of aromatic nitrogens is 2. The van der Waals surface area contributed by atoms with E-state index in [1.807, 2.05) is 0 Å². The van der Waals surface area contributed by atoms with Crippen molar-refractivity contribution < 1.29 is 18.7 Å². The lowest BCUT2D eigenvalue weighted by Gasteiger charge is -2.15. The molecule has 1 aliphatic rings. The minimum absolute atomic E-state index is 0.109. The number of aliphatic hydroxyl groups excluding tert-OH is 1. The Kier molecular flexibility index (Phi) is 6.33. The molecule has 2 aromatic heterocycles. The number of benzene rings is 1. The topological polar surface area (TPSA) is 104 Å². The predicted molar refractivity (Wildman–Crippen MR) is 120 cm³/mol. The van der Waals surface area contributed by atoms with Gasteiger partial charge in [0.1, 0.15) is 22.5 Å². The molecule has 1 atom stereocenters. The van der Waals surface area contributed by atoms with E-state index in [0.717, 1.165) is 37.3 Å². The van der Waals surface area contributed by atoms with Crippen LogP contribution in [0.15, 0.2) is 30.5 Å². The molecule has 3 heterocycles. The minimum Gasteiger partial charge on any atom is -0.396 e. The number of amides is 1. The van der Waals surface area contributed by atoms with Crippen LogP contribution < -0.4 is 16.0 Å². The third-order valence-electron chi connectivity index (χ3n) is 5.42. The van der Waals surface area contributed by atoms with Crippen LogP contribution in [0, 0.1) is 11.6 Å². The number of primary amides is 1. The number of carbonyl (C=O) groups excluding carboxylic acids is 1. The van der Waals surface area contributed by atoms with Gasteiger partial charge in [-0.25, -0.2) is 13.8 Å². The summed E-state index contributed by atoms with van der Waals surface area (Å²) in [6.07, 6.45) is 3.77. The van der Waals surface area contributed by atoms with Crippen LogP contribution in [-0.4, -0.2) is 40.7 Å². The Hall–Kier alpha value is -3.11. The zero-order valence-corrected chi connectivity index (χ0v) is 18.3. The third-order valence-corrected chi connectivity index (χ3v) is 6.49. The average Bonchev–Trinajstić information content (AvgIpc) is 3.43. The molecule has 4 N–H and O–H groups in total. The second-order valence-electron chi connectivity index (χ2n) is 7.72. The Balaban J connectivity index is 1.68. The number of rotatable bonds is 7. The van der Waals surface area contributed by atoms with Crippen LogP contribution in [0.3, 0.4) is 0 Å². The molecule has 0 radical (unpaired) electrons. The fourth-order valence-corrected chi connectivity index (χ4v) is 4.73. The van der Waals surface area contributed by atoms with Gasteiger partial charge >= 0.3 is 0 Å². The van der Waals surface area contributed by atoms with Gasteiger partial charge in [-0.05, 0) is 42.7 Å². The lowest BCUT2D eigenvalue weighted by Crippen LogP contribution is -2.20. The molecule has 1 aromatic carbocycles. The third kappa shape index (κ3) is 4.42. The van der Waals surface area contributed by atoms with Gasteiger partial charge in [0.15, 0.2) is 0 Å². The highest BCUT2D eigenvalue weighted by Crippen LogP contribution is 2.40. The van der Waals surface area contributed by atoms with Crippen molar-refractivity contribution in [3.63, 3.8) is 0 Å².